The fourth-order valence-corrected chi connectivity index (χ4v) is 1.46. The van der Waals surface area contributed by atoms with Crippen molar-refractivity contribution in [3.8, 4) is 0 Å². The second kappa shape index (κ2) is 5.05. The Morgan fingerprint density at radius 3 is 2.50 bits per heavy atom. The number of nitrogens with two attached hydrogens (primary N) is 1. The summed E-state index contributed by atoms with van der Waals surface area (Å²) in [6.07, 6.45) is 0. The van der Waals surface area contributed by atoms with Crippen molar-refractivity contribution in [1.82, 2.24) is 5.32 Å². The van der Waals surface area contributed by atoms with Crippen LogP contribution in [-0.4, -0.2) is 11.9 Å². The van der Waals surface area contributed by atoms with E-state index in [0.29, 0.717) is 15.7 Å². The lowest BCUT2D eigenvalue weighted by Crippen LogP contribution is -2.39. The van der Waals surface area contributed by atoms with Gasteiger partial charge in [0.15, 0.2) is 11.9 Å². The van der Waals surface area contributed by atoms with Gasteiger partial charge >= 0.3 is 0 Å². The van der Waals surface area contributed by atoms with E-state index in [2.05, 4.69) is 10.6 Å². The smallest absolute Gasteiger partial charge is 0.199 e. The Morgan fingerprint density at radius 1 is 1.31 bits per heavy atom. The van der Waals surface area contributed by atoms with Crippen molar-refractivity contribution in [2.75, 3.05) is 5.32 Å². The van der Waals surface area contributed by atoms with E-state index >= 15 is 0 Å². The van der Waals surface area contributed by atoms with Crippen molar-refractivity contribution < 1.29 is 0 Å². The van der Waals surface area contributed by atoms with Crippen LogP contribution in [0, 0.1) is 17.7 Å². The minimum Gasteiger partial charge on any atom is -0.370 e. The lowest BCUT2D eigenvalue weighted by Gasteiger charge is -2.12. The van der Waals surface area contributed by atoms with Gasteiger partial charge in [-0.3, -0.25) is 16.1 Å². The quantitative estimate of drug-likeness (QED) is 0.395. The van der Waals surface area contributed by atoms with Crippen molar-refractivity contribution in [3.05, 3.63) is 27.7 Å². The minimum atomic E-state index is -0.310. The van der Waals surface area contributed by atoms with E-state index in [-0.39, 0.29) is 11.9 Å². The molecule has 1 rings (SSSR count). The lowest BCUT2D eigenvalue weighted by molar-refractivity contribution is 1.20. The Kier molecular flexibility index (Phi) is 3.98. The van der Waals surface area contributed by atoms with Gasteiger partial charge in [0.1, 0.15) is 0 Å². The van der Waals surface area contributed by atoms with E-state index in [1.807, 2.05) is 0 Å². The number of halogens is 2. The highest BCUT2D eigenvalue weighted by atomic mass is 35.5. The SMILES string of the molecule is Cc1c(NC(=N)NC(=N)N)ccc(Cl)c1Cl. The molecule has 0 heterocycles. The molecule has 0 spiro atoms. The van der Waals surface area contributed by atoms with Crippen molar-refractivity contribution in [2.24, 2.45) is 5.73 Å². The molecule has 0 bridgehead atoms. The molecule has 0 saturated carbocycles. The Hall–Kier alpha value is -1.46. The summed E-state index contributed by atoms with van der Waals surface area (Å²) in [5.41, 5.74) is 6.44. The third-order valence-electron chi connectivity index (χ3n) is 1.86. The molecule has 0 aliphatic carbocycles. The molecule has 0 saturated heterocycles. The maximum Gasteiger partial charge on any atom is 0.199 e. The highest BCUT2D eigenvalue weighted by Crippen LogP contribution is 2.30. The lowest BCUT2D eigenvalue weighted by atomic mass is 10.2. The predicted molar refractivity (Wildman–Crippen MR) is 67.6 cm³/mol. The van der Waals surface area contributed by atoms with E-state index in [1.54, 1.807) is 19.1 Å². The summed E-state index contributed by atoms with van der Waals surface area (Å²) in [6.45, 7) is 1.78. The normalized spacial score (nSPS) is 9.69. The Balaban J connectivity index is 2.86. The number of guanidine groups is 2. The number of hydrogen-bond acceptors (Lipinski definition) is 2. The van der Waals surface area contributed by atoms with Crippen molar-refractivity contribution >= 4 is 40.8 Å². The summed E-state index contributed by atoms with van der Waals surface area (Å²) < 4.78 is 0. The van der Waals surface area contributed by atoms with Gasteiger partial charge in [-0.05, 0) is 24.6 Å². The van der Waals surface area contributed by atoms with E-state index in [4.69, 9.17) is 39.8 Å². The number of nitrogens with one attached hydrogen (secondary N) is 4. The second-order valence-corrected chi connectivity index (χ2v) is 3.86. The monoisotopic (exact) mass is 259 g/mol. The third kappa shape index (κ3) is 3.01. The minimum absolute atomic E-state index is 0.103. The first-order valence-electron chi connectivity index (χ1n) is 4.33. The van der Waals surface area contributed by atoms with Gasteiger partial charge in [-0.1, -0.05) is 23.2 Å². The maximum absolute atomic E-state index is 7.46. The topological polar surface area (TPSA) is 97.8 Å². The van der Waals surface area contributed by atoms with Crippen LogP contribution in [0.25, 0.3) is 0 Å². The number of rotatable bonds is 1. The van der Waals surface area contributed by atoms with Gasteiger partial charge in [0.25, 0.3) is 0 Å². The molecule has 7 heteroatoms. The molecule has 0 radical (unpaired) electrons. The van der Waals surface area contributed by atoms with Gasteiger partial charge in [-0.15, -0.1) is 0 Å². The van der Waals surface area contributed by atoms with E-state index in [1.165, 1.54) is 0 Å². The molecule has 0 amide bonds. The highest BCUT2D eigenvalue weighted by Gasteiger charge is 2.07. The fourth-order valence-electron chi connectivity index (χ4n) is 1.09. The molecule has 86 valence electrons. The summed E-state index contributed by atoms with van der Waals surface area (Å²) in [5.74, 6) is -0.413. The summed E-state index contributed by atoms with van der Waals surface area (Å²) in [5, 5.41) is 20.3. The van der Waals surface area contributed by atoms with Crippen LogP contribution >= 0.6 is 23.2 Å². The molecule has 16 heavy (non-hydrogen) atoms. The first-order valence-corrected chi connectivity index (χ1v) is 5.08. The van der Waals surface area contributed by atoms with Crippen LogP contribution in [-0.2, 0) is 0 Å². The first-order chi connectivity index (χ1) is 7.41. The van der Waals surface area contributed by atoms with Crippen molar-refractivity contribution in [1.29, 1.82) is 10.8 Å². The Bertz CT molecular complexity index is 444. The summed E-state index contributed by atoms with van der Waals surface area (Å²) >= 11 is 11.8. The molecule has 0 unspecified atom stereocenters. The number of benzene rings is 1. The highest BCUT2D eigenvalue weighted by molar-refractivity contribution is 6.42. The van der Waals surface area contributed by atoms with Crippen LogP contribution in [0.2, 0.25) is 10.0 Å². The first kappa shape index (κ1) is 12.6. The molecule has 6 N–H and O–H groups in total. The maximum atomic E-state index is 7.46. The zero-order valence-electron chi connectivity index (χ0n) is 8.49. The van der Waals surface area contributed by atoms with Crippen LogP contribution in [0.1, 0.15) is 5.56 Å². The molecule has 0 atom stereocenters. The van der Waals surface area contributed by atoms with Gasteiger partial charge in [0, 0.05) is 5.69 Å². The predicted octanol–water partition coefficient (Wildman–Crippen LogP) is 2.13. The average Bonchev–Trinajstić information content (AvgIpc) is 2.18. The third-order valence-corrected chi connectivity index (χ3v) is 2.76. The number of anilines is 1. The largest absolute Gasteiger partial charge is 0.370 e. The molecule has 0 aliphatic heterocycles. The molecule has 0 aliphatic rings. The summed E-state index contributed by atoms with van der Waals surface area (Å²) in [6, 6.07) is 3.32. The zero-order valence-corrected chi connectivity index (χ0v) is 10.00. The van der Waals surface area contributed by atoms with Crippen LogP contribution in [0.4, 0.5) is 5.69 Å². The molecule has 0 aromatic heterocycles. The zero-order chi connectivity index (χ0) is 12.3. The molecular weight excluding hydrogens is 249 g/mol. The Labute approximate surface area is 103 Å². The van der Waals surface area contributed by atoms with Gasteiger partial charge in [-0.25, -0.2) is 0 Å². The molecular formula is C9H11Cl2N5. The summed E-state index contributed by atoms with van der Waals surface area (Å²) in [7, 11) is 0. The van der Waals surface area contributed by atoms with Crippen molar-refractivity contribution in [2.45, 2.75) is 6.92 Å². The second-order valence-electron chi connectivity index (χ2n) is 3.07. The van der Waals surface area contributed by atoms with Crippen LogP contribution in [0.3, 0.4) is 0 Å². The van der Waals surface area contributed by atoms with Gasteiger partial charge in [-0.2, -0.15) is 0 Å². The Morgan fingerprint density at radius 2 is 1.94 bits per heavy atom. The summed E-state index contributed by atoms with van der Waals surface area (Å²) in [4.78, 5) is 0. The molecule has 1 aromatic rings. The van der Waals surface area contributed by atoms with Crippen LogP contribution in [0.15, 0.2) is 12.1 Å². The van der Waals surface area contributed by atoms with E-state index in [9.17, 15) is 0 Å². The van der Waals surface area contributed by atoms with Crippen molar-refractivity contribution in [3.63, 3.8) is 0 Å². The van der Waals surface area contributed by atoms with Gasteiger partial charge in [0.2, 0.25) is 0 Å². The van der Waals surface area contributed by atoms with Gasteiger partial charge < -0.3 is 11.1 Å². The van der Waals surface area contributed by atoms with E-state index < -0.39 is 0 Å². The van der Waals surface area contributed by atoms with E-state index in [0.717, 1.165) is 5.56 Å². The molecule has 1 aromatic carbocycles. The average molecular weight is 260 g/mol. The van der Waals surface area contributed by atoms with Crippen LogP contribution < -0.4 is 16.4 Å². The standard InChI is InChI=1S/C9H11Cl2N5/c1-4-6(3-2-5(10)7(4)11)15-9(14)16-8(12)13/h2-3H,1H3,(H6,12,13,14,15,16). The molecule has 5 nitrogen and oxygen atoms in total. The fraction of sp³-hybridized carbons (Fsp3) is 0.111. The number of hydrogen-bond donors (Lipinski definition) is 5. The molecule has 0 fully saturated rings. The van der Waals surface area contributed by atoms with Crippen LogP contribution in [0.5, 0.6) is 0 Å². The van der Waals surface area contributed by atoms with Gasteiger partial charge in [0.05, 0.1) is 10.0 Å².